The quantitative estimate of drug-likeness (QED) is 0.302. The van der Waals surface area contributed by atoms with Crippen molar-refractivity contribution in [1.29, 1.82) is 0 Å². The zero-order chi connectivity index (χ0) is 27.0. The predicted molar refractivity (Wildman–Crippen MR) is 145 cm³/mol. The van der Waals surface area contributed by atoms with Gasteiger partial charge < -0.3 is 24.8 Å². The lowest BCUT2D eigenvalue weighted by Crippen LogP contribution is -2.22. The molecule has 8 nitrogen and oxygen atoms in total. The first kappa shape index (κ1) is 29.4. The maximum Gasteiger partial charge on any atom is 0.303 e. The largest absolute Gasteiger partial charge is 0.497 e. The van der Waals surface area contributed by atoms with Crippen LogP contribution in [0.5, 0.6) is 11.5 Å². The van der Waals surface area contributed by atoms with Crippen LogP contribution in [0.2, 0.25) is 0 Å². The van der Waals surface area contributed by atoms with E-state index in [-0.39, 0.29) is 31.1 Å². The Morgan fingerprint density at radius 2 is 1.73 bits per heavy atom. The van der Waals surface area contributed by atoms with Gasteiger partial charge in [0.15, 0.2) is 0 Å². The zero-order valence-electron chi connectivity index (χ0n) is 22.0. The molecule has 0 atom stereocenters. The van der Waals surface area contributed by atoms with E-state index in [1.807, 2.05) is 24.3 Å². The minimum atomic E-state index is -0.919. The molecule has 2 rings (SSSR count). The summed E-state index contributed by atoms with van der Waals surface area (Å²) in [6.45, 7) is 0.487. The lowest BCUT2D eigenvalue weighted by Gasteiger charge is -2.16. The number of carboxylic acids is 1. The molecule has 200 valence electrons. The van der Waals surface area contributed by atoms with Crippen LogP contribution in [0.3, 0.4) is 0 Å². The van der Waals surface area contributed by atoms with Gasteiger partial charge in [0.2, 0.25) is 11.8 Å². The highest BCUT2D eigenvalue weighted by Crippen LogP contribution is 2.29. The molecule has 0 spiro atoms. The third kappa shape index (κ3) is 11.2. The van der Waals surface area contributed by atoms with Crippen LogP contribution >= 0.6 is 0 Å². The summed E-state index contributed by atoms with van der Waals surface area (Å²) in [7, 11) is 5.01. The fourth-order valence-corrected chi connectivity index (χ4v) is 3.63. The van der Waals surface area contributed by atoms with Gasteiger partial charge in [-0.3, -0.25) is 14.4 Å². The molecular weight excluding hydrogens is 472 g/mol. The summed E-state index contributed by atoms with van der Waals surface area (Å²) in [6.07, 6.45) is 8.00. The standard InChI is InChI=1S/C29H38N2O6/c1-31(2)28(33)14-9-13-27(32)30-25-11-8-12-26(24(25)19-20-29(34)35)37-21-7-5-4-6-10-22-15-17-23(36-3)18-16-22/h6,8,10-12,15-18H,4-5,7,9,13-14,19-21H2,1-3H3,(H,30,32)(H,34,35)/b10-6+. The molecule has 0 fully saturated rings. The molecule has 0 aliphatic carbocycles. The van der Waals surface area contributed by atoms with Crippen LogP contribution in [0.15, 0.2) is 48.5 Å². The molecule has 0 aromatic heterocycles. The summed E-state index contributed by atoms with van der Waals surface area (Å²) in [5.74, 6) is 0.246. The van der Waals surface area contributed by atoms with E-state index in [2.05, 4.69) is 17.5 Å². The van der Waals surface area contributed by atoms with E-state index in [1.165, 1.54) is 4.90 Å². The lowest BCUT2D eigenvalue weighted by molar-refractivity contribution is -0.137. The van der Waals surface area contributed by atoms with E-state index in [1.54, 1.807) is 39.4 Å². The second-order valence-electron chi connectivity index (χ2n) is 8.89. The van der Waals surface area contributed by atoms with Crippen LogP contribution < -0.4 is 14.8 Å². The zero-order valence-corrected chi connectivity index (χ0v) is 22.0. The van der Waals surface area contributed by atoms with Crippen molar-refractivity contribution in [3.8, 4) is 11.5 Å². The number of ether oxygens (including phenoxy) is 2. The first-order chi connectivity index (χ1) is 17.8. The number of carboxylic acid groups (broad SMARTS) is 1. The van der Waals surface area contributed by atoms with Crippen LogP contribution in [-0.2, 0) is 20.8 Å². The fraction of sp³-hybridized carbons (Fsp3) is 0.414. The molecule has 0 radical (unpaired) electrons. The average Bonchev–Trinajstić information content (AvgIpc) is 2.87. The van der Waals surface area contributed by atoms with Crippen LogP contribution in [0, 0.1) is 0 Å². The molecule has 8 heteroatoms. The highest BCUT2D eigenvalue weighted by molar-refractivity contribution is 5.92. The summed E-state index contributed by atoms with van der Waals surface area (Å²) >= 11 is 0. The van der Waals surface area contributed by atoms with Crippen LogP contribution in [0.4, 0.5) is 5.69 Å². The number of allylic oxidation sites excluding steroid dienone is 1. The molecule has 2 amide bonds. The monoisotopic (exact) mass is 510 g/mol. The third-order valence-electron chi connectivity index (χ3n) is 5.74. The predicted octanol–water partition coefficient (Wildman–Crippen LogP) is 5.17. The Bertz CT molecular complexity index is 1050. The topological polar surface area (TPSA) is 105 Å². The number of aliphatic carboxylic acids is 1. The molecule has 2 aromatic rings. The van der Waals surface area contributed by atoms with Gasteiger partial charge in [-0.2, -0.15) is 0 Å². The maximum atomic E-state index is 12.5. The highest BCUT2D eigenvalue weighted by atomic mass is 16.5. The van der Waals surface area contributed by atoms with E-state index < -0.39 is 5.97 Å². The second-order valence-corrected chi connectivity index (χ2v) is 8.89. The SMILES string of the molecule is COc1ccc(/C=C/CCCCOc2cccc(NC(=O)CCCC(=O)N(C)C)c2CCC(=O)O)cc1. The average molecular weight is 511 g/mol. The summed E-state index contributed by atoms with van der Waals surface area (Å²) < 4.78 is 11.2. The number of hydrogen-bond donors (Lipinski definition) is 2. The molecule has 0 heterocycles. The summed E-state index contributed by atoms with van der Waals surface area (Å²) in [5, 5.41) is 12.0. The second kappa shape index (κ2) is 16.0. The van der Waals surface area contributed by atoms with Gasteiger partial charge >= 0.3 is 5.97 Å². The van der Waals surface area contributed by atoms with Crippen molar-refractivity contribution < 1.29 is 29.0 Å². The molecule has 0 saturated carbocycles. The Morgan fingerprint density at radius 3 is 2.41 bits per heavy atom. The van der Waals surface area contributed by atoms with Crippen LogP contribution in [0.25, 0.3) is 6.08 Å². The van der Waals surface area contributed by atoms with Crippen molar-refractivity contribution in [1.82, 2.24) is 4.90 Å². The number of nitrogens with zero attached hydrogens (tertiary/aromatic N) is 1. The minimum Gasteiger partial charge on any atom is -0.497 e. The number of rotatable bonds is 16. The van der Waals surface area contributed by atoms with Crippen LogP contribution in [0.1, 0.15) is 56.1 Å². The number of hydrogen-bond acceptors (Lipinski definition) is 5. The van der Waals surface area contributed by atoms with Crippen molar-refractivity contribution in [2.24, 2.45) is 0 Å². The van der Waals surface area contributed by atoms with Crippen molar-refractivity contribution in [3.63, 3.8) is 0 Å². The number of methoxy groups -OCH3 is 1. The molecule has 0 aliphatic heterocycles. The first-order valence-corrected chi connectivity index (χ1v) is 12.6. The van der Waals surface area contributed by atoms with Gasteiger partial charge in [-0.25, -0.2) is 0 Å². The lowest BCUT2D eigenvalue weighted by atomic mass is 10.1. The van der Waals surface area contributed by atoms with E-state index in [9.17, 15) is 19.5 Å². The Hall–Kier alpha value is -3.81. The maximum absolute atomic E-state index is 12.5. The van der Waals surface area contributed by atoms with Gasteiger partial charge in [-0.15, -0.1) is 0 Å². The van der Waals surface area contributed by atoms with Crippen molar-refractivity contribution in [3.05, 3.63) is 59.7 Å². The molecule has 2 N–H and O–H groups in total. The molecule has 2 aromatic carbocycles. The van der Waals surface area contributed by atoms with E-state index >= 15 is 0 Å². The molecule has 0 aliphatic rings. The number of benzene rings is 2. The molecule has 0 unspecified atom stereocenters. The Morgan fingerprint density at radius 1 is 0.973 bits per heavy atom. The van der Waals surface area contributed by atoms with E-state index in [0.717, 1.165) is 30.6 Å². The van der Waals surface area contributed by atoms with Crippen molar-refractivity contribution in [2.45, 2.75) is 51.4 Å². The van der Waals surface area contributed by atoms with Gasteiger partial charge in [0.05, 0.1) is 13.7 Å². The van der Waals surface area contributed by atoms with Gasteiger partial charge in [-0.05, 0) is 61.9 Å². The molecular formula is C29H38N2O6. The molecule has 37 heavy (non-hydrogen) atoms. The van der Waals surface area contributed by atoms with Gasteiger partial charge in [-0.1, -0.05) is 30.4 Å². The first-order valence-electron chi connectivity index (χ1n) is 12.6. The Kier molecular flexibility index (Phi) is 12.8. The number of carbonyl (C=O) groups is 3. The van der Waals surface area contributed by atoms with E-state index in [4.69, 9.17) is 9.47 Å². The van der Waals surface area contributed by atoms with Crippen molar-refractivity contribution >= 4 is 29.5 Å². The normalized spacial score (nSPS) is 10.8. The Labute approximate surface area is 219 Å². The van der Waals surface area contributed by atoms with Crippen LogP contribution in [-0.4, -0.2) is 55.6 Å². The molecule has 0 saturated heterocycles. The summed E-state index contributed by atoms with van der Waals surface area (Å²) in [5.41, 5.74) is 2.33. The fourth-order valence-electron chi connectivity index (χ4n) is 3.63. The minimum absolute atomic E-state index is 0.0263. The summed E-state index contributed by atoms with van der Waals surface area (Å²) in [6, 6.07) is 13.2. The van der Waals surface area contributed by atoms with E-state index in [0.29, 0.717) is 36.4 Å². The number of amides is 2. The van der Waals surface area contributed by atoms with Gasteiger partial charge in [0, 0.05) is 44.6 Å². The third-order valence-corrected chi connectivity index (χ3v) is 5.74. The summed E-state index contributed by atoms with van der Waals surface area (Å²) in [4.78, 5) is 36.9. The number of carbonyl (C=O) groups excluding carboxylic acids is 2. The van der Waals surface area contributed by atoms with Crippen molar-refractivity contribution in [2.75, 3.05) is 33.1 Å². The van der Waals surface area contributed by atoms with Gasteiger partial charge in [0.25, 0.3) is 0 Å². The number of anilines is 1. The number of unbranched alkanes of at least 4 members (excludes halogenated alkanes) is 2. The highest BCUT2D eigenvalue weighted by Gasteiger charge is 2.14. The smallest absolute Gasteiger partial charge is 0.303 e. The van der Waals surface area contributed by atoms with Gasteiger partial charge in [0.1, 0.15) is 11.5 Å². The Balaban J connectivity index is 1.87. The molecule has 0 bridgehead atoms. The number of nitrogens with one attached hydrogen (secondary N) is 1.